The minimum Gasteiger partial charge on any atom is -0.462 e. The summed E-state index contributed by atoms with van der Waals surface area (Å²) in [7, 11) is -4.75. The topological polar surface area (TPSA) is 119 Å². The Morgan fingerprint density at radius 3 is 1.33 bits per heavy atom. The van der Waals surface area contributed by atoms with Gasteiger partial charge in [0.25, 0.3) is 0 Å². The number of carbonyl (C=O) groups excluding carboxylic acids is 2. The lowest BCUT2D eigenvalue weighted by molar-refractivity contribution is -0.161. The van der Waals surface area contributed by atoms with Crippen molar-refractivity contribution in [2.24, 2.45) is 0 Å². The van der Waals surface area contributed by atoms with Crippen LogP contribution in [0.15, 0.2) is 0 Å². The van der Waals surface area contributed by atoms with E-state index in [1.54, 1.807) is 0 Å². The first kappa shape index (κ1) is 44.6. The molecule has 0 unspecified atom stereocenters. The fourth-order valence-electron chi connectivity index (χ4n) is 5.27. The first-order valence-corrected chi connectivity index (χ1v) is 20.3. The molecule has 0 aromatic carbocycles. The molecule has 0 aliphatic carbocycles. The highest BCUT2D eigenvalue weighted by molar-refractivity contribution is 7.46. The number of rotatable bonds is 33. The van der Waals surface area contributed by atoms with Crippen LogP contribution < -0.4 is 0 Å². The molecule has 0 aromatic rings. The number of phosphoric acid groups is 1. The van der Waals surface area contributed by atoms with Crippen LogP contribution >= 0.6 is 7.82 Å². The van der Waals surface area contributed by atoms with E-state index in [1.807, 2.05) is 0 Å². The van der Waals surface area contributed by atoms with E-state index in [-0.39, 0.29) is 19.4 Å². The van der Waals surface area contributed by atoms with Crippen molar-refractivity contribution in [3.05, 3.63) is 0 Å². The number of hydrogen-bond donors (Lipinski definition) is 2. The molecule has 0 amide bonds. The molecule has 46 heavy (non-hydrogen) atoms. The molecule has 0 spiro atoms. The van der Waals surface area contributed by atoms with Gasteiger partial charge in [-0.25, -0.2) is 4.57 Å². The van der Waals surface area contributed by atoms with Crippen molar-refractivity contribution >= 4 is 19.8 Å². The normalized spacial score (nSPS) is 12.0. The van der Waals surface area contributed by atoms with Gasteiger partial charge in [-0.3, -0.25) is 14.1 Å². The molecule has 0 aliphatic heterocycles. The molecule has 0 fully saturated rings. The van der Waals surface area contributed by atoms with E-state index >= 15 is 0 Å². The van der Waals surface area contributed by atoms with Crippen molar-refractivity contribution < 1.29 is 37.9 Å². The summed E-state index contributed by atoms with van der Waals surface area (Å²) in [6, 6.07) is 0. The SMILES string of the molecule is CCCCCCCCC#CCCCCCCCC(=O)O[C@H](COC(=O)CCCCCCCCCCCCCCC)COP(=O)(O)O. The number of carbonyl (C=O) groups is 2. The maximum Gasteiger partial charge on any atom is 0.469 e. The van der Waals surface area contributed by atoms with E-state index in [0.29, 0.717) is 6.42 Å². The third kappa shape index (κ3) is 35.5. The summed E-state index contributed by atoms with van der Waals surface area (Å²) in [6.07, 6.45) is 29.5. The summed E-state index contributed by atoms with van der Waals surface area (Å²) >= 11 is 0. The number of esters is 2. The lowest BCUT2D eigenvalue weighted by Crippen LogP contribution is -2.29. The Bertz CT molecular complexity index is 816. The van der Waals surface area contributed by atoms with Gasteiger partial charge in [-0.15, -0.1) is 11.8 Å². The molecule has 0 rings (SSSR count). The lowest BCUT2D eigenvalue weighted by Gasteiger charge is -2.18. The average Bonchev–Trinajstić information content (AvgIpc) is 3.02. The molecule has 0 radical (unpaired) electrons. The van der Waals surface area contributed by atoms with Gasteiger partial charge in [-0.1, -0.05) is 142 Å². The summed E-state index contributed by atoms with van der Waals surface area (Å²) < 4.78 is 26.3. The Kier molecular flexibility index (Phi) is 32.5. The third-order valence-electron chi connectivity index (χ3n) is 8.10. The van der Waals surface area contributed by atoms with Crippen LogP contribution in [0.5, 0.6) is 0 Å². The van der Waals surface area contributed by atoms with Gasteiger partial charge in [0.05, 0.1) is 6.61 Å². The highest BCUT2D eigenvalue weighted by Gasteiger charge is 2.22. The first-order valence-electron chi connectivity index (χ1n) is 18.8. The second kappa shape index (κ2) is 33.5. The van der Waals surface area contributed by atoms with Gasteiger partial charge in [0.2, 0.25) is 0 Å². The highest BCUT2D eigenvalue weighted by Crippen LogP contribution is 2.36. The Morgan fingerprint density at radius 2 is 0.913 bits per heavy atom. The van der Waals surface area contributed by atoms with Crippen molar-refractivity contribution in [3.8, 4) is 11.8 Å². The molecule has 1 atom stereocenters. The van der Waals surface area contributed by atoms with E-state index in [1.165, 1.54) is 103 Å². The molecule has 8 nitrogen and oxygen atoms in total. The van der Waals surface area contributed by atoms with Crippen LogP contribution in [0.3, 0.4) is 0 Å². The Balaban J connectivity index is 3.97. The summed E-state index contributed by atoms with van der Waals surface area (Å²) in [6.45, 7) is 3.65. The minimum absolute atomic E-state index is 0.192. The molecule has 0 aromatic heterocycles. The molecule has 270 valence electrons. The van der Waals surface area contributed by atoms with Crippen LogP contribution in [0.1, 0.15) is 194 Å². The van der Waals surface area contributed by atoms with Crippen molar-refractivity contribution in [1.82, 2.24) is 0 Å². The van der Waals surface area contributed by atoms with Gasteiger partial charge in [0, 0.05) is 25.7 Å². The fraction of sp³-hybridized carbons (Fsp3) is 0.892. The second-order valence-electron chi connectivity index (χ2n) is 12.7. The van der Waals surface area contributed by atoms with Gasteiger partial charge in [-0.05, 0) is 25.7 Å². The van der Waals surface area contributed by atoms with Crippen molar-refractivity contribution in [2.75, 3.05) is 13.2 Å². The maximum absolute atomic E-state index is 12.3. The fourth-order valence-corrected chi connectivity index (χ4v) is 5.63. The monoisotopic (exact) mass is 672 g/mol. The van der Waals surface area contributed by atoms with Crippen LogP contribution in [0.25, 0.3) is 0 Å². The molecular weight excluding hydrogens is 603 g/mol. The number of unbranched alkanes of at least 4 members (excludes halogenated alkanes) is 23. The maximum atomic E-state index is 12.3. The van der Waals surface area contributed by atoms with Crippen molar-refractivity contribution in [1.29, 1.82) is 0 Å². The van der Waals surface area contributed by atoms with Crippen LogP contribution in [0.4, 0.5) is 0 Å². The van der Waals surface area contributed by atoms with Crippen LogP contribution in [-0.4, -0.2) is 41.0 Å². The number of phosphoric ester groups is 1. The zero-order valence-corrected chi connectivity index (χ0v) is 30.5. The zero-order chi connectivity index (χ0) is 34.0. The molecule has 0 saturated heterocycles. The van der Waals surface area contributed by atoms with Gasteiger partial charge in [-0.2, -0.15) is 0 Å². The van der Waals surface area contributed by atoms with Crippen molar-refractivity contribution in [2.45, 2.75) is 200 Å². The summed E-state index contributed by atoms with van der Waals surface area (Å²) in [4.78, 5) is 42.6. The Morgan fingerprint density at radius 1 is 0.543 bits per heavy atom. The van der Waals surface area contributed by atoms with Crippen LogP contribution in [-0.2, 0) is 28.2 Å². The minimum atomic E-state index is -4.75. The molecule has 2 N–H and O–H groups in total. The van der Waals surface area contributed by atoms with Gasteiger partial charge in [0.15, 0.2) is 6.10 Å². The summed E-state index contributed by atoms with van der Waals surface area (Å²) in [5.74, 6) is 5.64. The predicted molar refractivity (Wildman–Crippen MR) is 187 cm³/mol. The van der Waals surface area contributed by atoms with Crippen molar-refractivity contribution in [3.63, 3.8) is 0 Å². The number of hydrogen-bond acceptors (Lipinski definition) is 6. The standard InChI is InChI=1S/C37H69O8P/c1-3-5-7-9-11-13-15-17-18-20-22-24-26-28-30-32-37(39)45-35(34-44-46(40,41)42)33-43-36(38)31-29-27-25-23-21-19-16-14-12-10-8-6-4-2/h35H,3-16,19-34H2,1-2H3,(H2,40,41,42)/t35-/m1/s1. The van der Waals surface area contributed by atoms with E-state index in [2.05, 4.69) is 30.2 Å². The third-order valence-corrected chi connectivity index (χ3v) is 8.59. The lowest BCUT2D eigenvalue weighted by atomic mass is 10.0. The predicted octanol–water partition coefficient (Wildman–Crippen LogP) is 10.5. The summed E-state index contributed by atoms with van der Waals surface area (Å²) in [5, 5.41) is 0. The molecule has 0 bridgehead atoms. The Labute approximate surface area is 282 Å². The van der Waals surface area contributed by atoms with E-state index in [4.69, 9.17) is 19.3 Å². The van der Waals surface area contributed by atoms with E-state index in [9.17, 15) is 14.2 Å². The molecular formula is C37H69O8P. The average molecular weight is 673 g/mol. The highest BCUT2D eigenvalue weighted by atomic mass is 31.2. The van der Waals surface area contributed by atoms with Gasteiger partial charge in [0.1, 0.15) is 6.61 Å². The zero-order valence-electron chi connectivity index (χ0n) is 29.6. The molecule has 0 aliphatic rings. The van der Waals surface area contributed by atoms with Crippen LogP contribution in [0.2, 0.25) is 0 Å². The second-order valence-corrected chi connectivity index (χ2v) is 14.0. The first-order chi connectivity index (χ1) is 22.3. The molecule has 0 heterocycles. The van der Waals surface area contributed by atoms with E-state index < -0.39 is 32.5 Å². The quantitative estimate of drug-likeness (QED) is 0.0306. The molecule has 0 saturated carbocycles. The van der Waals surface area contributed by atoms with E-state index in [0.717, 1.165) is 57.8 Å². The number of ether oxygens (including phenoxy) is 2. The Hall–Kier alpha value is -1.39. The summed E-state index contributed by atoms with van der Waals surface area (Å²) in [5.41, 5.74) is 0. The van der Waals surface area contributed by atoms with Crippen LogP contribution in [0, 0.1) is 11.8 Å². The largest absolute Gasteiger partial charge is 0.469 e. The smallest absolute Gasteiger partial charge is 0.462 e. The molecule has 9 heteroatoms. The van der Waals surface area contributed by atoms with Gasteiger partial charge >= 0.3 is 19.8 Å². The van der Waals surface area contributed by atoms with Gasteiger partial charge < -0.3 is 19.3 Å².